The van der Waals surface area contributed by atoms with Crippen molar-refractivity contribution in [2.75, 3.05) is 16.8 Å². The Bertz CT molecular complexity index is 407. The zero-order valence-corrected chi connectivity index (χ0v) is 9.81. The van der Waals surface area contributed by atoms with Crippen molar-refractivity contribution in [3.05, 3.63) is 29.6 Å². The van der Waals surface area contributed by atoms with E-state index in [-0.39, 0.29) is 28.1 Å². The van der Waals surface area contributed by atoms with Gasteiger partial charge in [0.05, 0.1) is 17.1 Å². The second kappa shape index (κ2) is 5.07. The van der Waals surface area contributed by atoms with Gasteiger partial charge >= 0.3 is 0 Å². The predicted molar refractivity (Wildman–Crippen MR) is 68.1 cm³/mol. The average molecular weight is 244 g/mol. The van der Waals surface area contributed by atoms with Gasteiger partial charge < -0.3 is 16.8 Å². The molecule has 1 aromatic rings. The molecule has 0 radical (unpaired) electrons. The molecule has 1 rings (SSSR count). The van der Waals surface area contributed by atoms with Gasteiger partial charge in [0.1, 0.15) is 5.02 Å². The standard InChI is InChI=1S/C11H15ClFN3/c1-3-4-6(2)16-11-8(15)5-7(14)9(12)10(11)13/h3,5-6,16H,1,4,14-15H2,2H3. The van der Waals surface area contributed by atoms with E-state index in [0.717, 1.165) is 0 Å². The molecule has 0 aliphatic rings. The Labute approximate surface area is 99.3 Å². The van der Waals surface area contributed by atoms with Crippen LogP contribution in [0.3, 0.4) is 0 Å². The van der Waals surface area contributed by atoms with E-state index in [9.17, 15) is 4.39 Å². The molecule has 0 aliphatic carbocycles. The molecular formula is C11H15ClFN3. The van der Waals surface area contributed by atoms with Gasteiger partial charge in [-0.3, -0.25) is 0 Å². The number of nitrogens with two attached hydrogens (primary N) is 2. The molecule has 3 nitrogen and oxygen atoms in total. The van der Waals surface area contributed by atoms with E-state index in [4.69, 9.17) is 23.1 Å². The molecule has 0 spiro atoms. The van der Waals surface area contributed by atoms with Gasteiger partial charge in [0.2, 0.25) is 0 Å². The molecule has 0 aliphatic heterocycles. The first-order valence-corrected chi connectivity index (χ1v) is 5.25. The first-order chi connectivity index (χ1) is 7.47. The maximum atomic E-state index is 13.7. The summed E-state index contributed by atoms with van der Waals surface area (Å²) < 4.78 is 13.7. The number of benzene rings is 1. The van der Waals surface area contributed by atoms with E-state index in [2.05, 4.69) is 11.9 Å². The van der Waals surface area contributed by atoms with Crippen LogP contribution in [0.5, 0.6) is 0 Å². The molecule has 0 saturated heterocycles. The maximum Gasteiger partial charge on any atom is 0.169 e. The highest BCUT2D eigenvalue weighted by Crippen LogP contribution is 2.34. The monoisotopic (exact) mass is 243 g/mol. The summed E-state index contributed by atoms with van der Waals surface area (Å²) in [4.78, 5) is 0. The molecule has 0 amide bonds. The number of rotatable bonds is 4. The summed E-state index contributed by atoms with van der Waals surface area (Å²) in [5.41, 5.74) is 11.7. The average Bonchev–Trinajstić information content (AvgIpc) is 2.22. The molecular weight excluding hydrogens is 229 g/mol. The summed E-state index contributed by atoms with van der Waals surface area (Å²) >= 11 is 5.70. The molecule has 5 heteroatoms. The Balaban J connectivity index is 3.04. The molecule has 0 heterocycles. The third-order valence-electron chi connectivity index (χ3n) is 2.18. The molecule has 0 fully saturated rings. The van der Waals surface area contributed by atoms with Gasteiger partial charge in [0.25, 0.3) is 0 Å². The number of hydrogen-bond acceptors (Lipinski definition) is 3. The SMILES string of the molecule is C=CCC(C)Nc1c(N)cc(N)c(Cl)c1F. The minimum Gasteiger partial charge on any atom is -0.397 e. The Morgan fingerprint density at radius 3 is 2.75 bits per heavy atom. The van der Waals surface area contributed by atoms with Crippen LogP contribution in [0.2, 0.25) is 5.02 Å². The molecule has 0 saturated carbocycles. The second-order valence-corrected chi connectivity index (χ2v) is 4.01. The third kappa shape index (κ3) is 2.58. The van der Waals surface area contributed by atoms with Crippen molar-refractivity contribution >= 4 is 28.7 Å². The minimum absolute atomic E-state index is 0.0222. The van der Waals surface area contributed by atoms with Gasteiger partial charge in [-0.15, -0.1) is 6.58 Å². The molecule has 0 bridgehead atoms. The maximum absolute atomic E-state index is 13.7. The van der Waals surface area contributed by atoms with Crippen LogP contribution < -0.4 is 16.8 Å². The van der Waals surface area contributed by atoms with Crippen LogP contribution in [-0.4, -0.2) is 6.04 Å². The summed E-state index contributed by atoms with van der Waals surface area (Å²) in [5, 5.41) is 2.83. The van der Waals surface area contributed by atoms with Crippen LogP contribution in [0.1, 0.15) is 13.3 Å². The Morgan fingerprint density at radius 2 is 2.19 bits per heavy atom. The highest BCUT2D eigenvalue weighted by atomic mass is 35.5. The highest BCUT2D eigenvalue weighted by molar-refractivity contribution is 6.33. The van der Waals surface area contributed by atoms with Crippen LogP contribution >= 0.6 is 11.6 Å². The fourth-order valence-electron chi connectivity index (χ4n) is 1.37. The molecule has 5 N–H and O–H groups in total. The lowest BCUT2D eigenvalue weighted by molar-refractivity contribution is 0.628. The quantitative estimate of drug-likeness (QED) is 0.563. The number of nitrogen functional groups attached to an aromatic ring is 2. The summed E-state index contributed by atoms with van der Waals surface area (Å²) in [6.45, 7) is 5.50. The van der Waals surface area contributed by atoms with Crippen LogP contribution in [0.15, 0.2) is 18.7 Å². The van der Waals surface area contributed by atoms with E-state index >= 15 is 0 Å². The number of hydrogen-bond donors (Lipinski definition) is 3. The predicted octanol–water partition coefficient (Wildman–Crippen LogP) is 3.02. The second-order valence-electron chi connectivity index (χ2n) is 3.63. The topological polar surface area (TPSA) is 64.1 Å². The normalized spacial score (nSPS) is 12.2. The minimum atomic E-state index is -0.616. The first kappa shape index (κ1) is 12.6. The van der Waals surface area contributed by atoms with Crippen LogP contribution in [0, 0.1) is 5.82 Å². The number of nitrogens with one attached hydrogen (secondary N) is 1. The van der Waals surface area contributed by atoms with Gasteiger partial charge in [0.15, 0.2) is 5.82 Å². The fourth-order valence-corrected chi connectivity index (χ4v) is 1.52. The van der Waals surface area contributed by atoms with Crippen LogP contribution in [-0.2, 0) is 0 Å². The smallest absolute Gasteiger partial charge is 0.169 e. The molecule has 16 heavy (non-hydrogen) atoms. The van der Waals surface area contributed by atoms with Crippen LogP contribution in [0.4, 0.5) is 21.5 Å². The van der Waals surface area contributed by atoms with E-state index in [1.165, 1.54) is 6.07 Å². The van der Waals surface area contributed by atoms with Crippen molar-refractivity contribution < 1.29 is 4.39 Å². The largest absolute Gasteiger partial charge is 0.397 e. The fraction of sp³-hybridized carbons (Fsp3) is 0.273. The summed E-state index contributed by atoms with van der Waals surface area (Å²) in [6.07, 6.45) is 2.44. The number of halogens is 2. The zero-order chi connectivity index (χ0) is 12.3. The van der Waals surface area contributed by atoms with Gasteiger partial charge in [-0.1, -0.05) is 17.7 Å². The Morgan fingerprint density at radius 1 is 1.56 bits per heavy atom. The summed E-state index contributed by atoms with van der Waals surface area (Å²) in [7, 11) is 0. The van der Waals surface area contributed by atoms with Crippen molar-refractivity contribution in [3.63, 3.8) is 0 Å². The molecule has 88 valence electrons. The van der Waals surface area contributed by atoms with Gasteiger partial charge in [-0.2, -0.15) is 0 Å². The Hall–Kier alpha value is -1.42. The molecule has 1 aromatic carbocycles. The van der Waals surface area contributed by atoms with E-state index in [0.29, 0.717) is 6.42 Å². The van der Waals surface area contributed by atoms with E-state index in [1.54, 1.807) is 6.08 Å². The van der Waals surface area contributed by atoms with Crippen molar-refractivity contribution in [2.45, 2.75) is 19.4 Å². The number of anilines is 3. The van der Waals surface area contributed by atoms with Crippen molar-refractivity contribution in [2.24, 2.45) is 0 Å². The zero-order valence-electron chi connectivity index (χ0n) is 9.06. The van der Waals surface area contributed by atoms with Crippen molar-refractivity contribution in [1.29, 1.82) is 0 Å². The van der Waals surface area contributed by atoms with Gasteiger partial charge in [-0.05, 0) is 19.4 Å². The van der Waals surface area contributed by atoms with E-state index < -0.39 is 5.82 Å². The molecule has 1 unspecified atom stereocenters. The van der Waals surface area contributed by atoms with Gasteiger partial charge in [0, 0.05) is 6.04 Å². The lowest BCUT2D eigenvalue weighted by Crippen LogP contribution is -2.16. The Kier molecular flexibility index (Phi) is 4.01. The van der Waals surface area contributed by atoms with E-state index in [1.807, 2.05) is 6.92 Å². The first-order valence-electron chi connectivity index (χ1n) is 4.87. The van der Waals surface area contributed by atoms with Crippen LogP contribution in [0.25, 0.3) is 0 Å². The van der Waals surface area contributed by atoms with Crippen molar-refractivity contribution in [3.8, 4) is 0 Å². The lowest BCUT2D eigenvalue weighted by atomic mass is 10.2. The summed E-state index contributed by atoms with van der Waals surface area (Å²) in [6, 6.07) is 1.46. The summed E-state index contributed by atoms with van der Waals surface area (Å²) in [5.74, 6) is -0.616. The molecule has 1 atom stereocenters. The van der Waals surface area contributed by atoms with Crippen molar-refractivity contribution in [1.82, 2.24) is 0 Å². The molecule has 0 aromatic heterocycles. The lowest BCUT2D eigenvalue weighted by Gasteiger charge is -2.17. The highest BCUT2D eigenvalue weighted by Gasteiger charge is 2.15. The third-order valence-corrected chi connectivity index (χ3v) is 2.56. The van der Waals surface area contributed by atoms with Gasteiger partial charge in [-0.25, -0.2) is 4.39 Å².